The van der Waals surface area contributed by atoms with E-state index in [4.69, 9.17) is 0 Å². The van der Waals surface area contributed by atoms with Gasteiger partial charge in [0, 0.05) is 64.8 Å². The van der Waals surface area contributed by atoms with Gasteiger partial charge in [0.25, 0.3) is 0 Å². The highest BCUT2D eigenvalue weighted by atomic mass is 32.1. The van der Waals surface area contributed by atoms with Gasteiger partial charge in [0.1, 0.15) is 69.8 Å². The van der Waals surface area contributed by atoms with Crippen LogP contribution in [0.15, 0.2) is 328 Å². The molecule has 0 nitrogen and oxygen atoms in total. The predicted molar refractivity (Wildman–Crippen MR) is 419 cm³/mol. The van der Waals surface area contributed by atoms with E-state index in [0.29, 0.717) is 129 Å². The van der Waals surface area contributed by atoms with E-state index in [0.717, 1.165) is 0 Å². The van der Waals surface area contributed by atoms with Crippen LogP contribution in [0.4, 0.5) is 52.7 Å². The van der Waals surface area contributed by atoms with Gasteiger partial charge in [-0.3, -0.25) is 0 Å². The van der Waals surface area contributed by atoms with Crippen molar-refractivity contribution in [3.63, 3.8) is 0 Å². The molecule has 0 bridgehead atoms. The van der Waals surface area contributed by atoms with Crippen LogP contribution in [0.1, 0.15) is 132 Å². The molecule has 0 saturated carbocycles. The van der Waals surface area contributed by atoms with Crippen molar-refractivity contribution in [3.05, 3.63) is 493 Å². The van der Waals surface area contributed by atoms with Gasteiger partial charge in [-0.25, -0.2) is 52.7 Å². The highest BCUT2D eigenvalue weighted by molar-refractivity contribution is 7.13. The Morgan fingerprint density at radius 2 is 0.261 bits per heavy atom. The van der Waals surface area contributed by atoms with E-state index < -0.39 is 105 Å². The molecule has 0 radical (unpaired) electrons. The molecule has 13 aromatic carbocycles. The number of hydrogen-bond donors (Lipinski definition) is 0. The first-order chi connectivity index (χ1) is 53.9. The normalized spacial score (nSPS) is 11.7. The van der Waals surface area contributed by atoms with Crippen molar-refractivity contribution in [2.24, 2.45) is 0 Å². The third-order valence-corrected chi connectivity index (χ3v) is 24.1. The molecule has 3 heterocycles. The number of halogens is 12. The largest absolute Gasteiger partial charge is 0.207 e. The van der Waals surface area contributed by atoms with Gasteiger partial charge in [-0.05, 0) is 282 Å². The van der Waals surface area contributed by atoms with E-state index in [-0.39, 0.29) is 0 Å². The second-order valence-electron chi connectivity index (χ2n) is 27.3. The van der Waals surface area contributed by atoms with Crippen molar-refractivity contribution in [1.29, 1.82) is 0 Å². The molecule has 0 unspecified atom stereocenters. The highest BCUT2D eigenvalue weighted by Gasteiger charge is 2.34. The number of hydrogen-bond acceptors (Lipinski definition) is 3. The molecular formula is C96H60F12S3. The summed E-state index contributed by atoms with van der Waals surface area (Å²) in [5, 5.41) is 0. The van der Waals surface area contributed by atoms with Crippen LogP contribution in [0.3, 0.4) is 0 Å². The molecule has 0 aliphatic rings. The van der Waals surface area contributed by atoms with Crippen LogP contribution >= 0.6 is 34.0 Å². The second-order valence-corrected chi connectivity index (χ2v) is 30.6. The summed E-state index contributed by atoms with van der Waals surface area (Å²) >= 11 is 4.17. The lowest BCUT2D eigenvalue weighted by Crippen LogP contribution is -2.05. The molecule has 0 saturated heterocycles. The molecule has 16 aromatic rings. The average Bonchev–Trinajstić information content (AvgIpc) is 1.61. The molecule has 0 spiro atoms. The quantitative estimate of drug-likeness (QED) is 0.0629. The van der Waals surface area contributed by atoms with E-state index in [2.05, 4.69) is 0 Å². The molecule has 0 aliphatic carbocycles. The Morgan fingerprint density at radius 3 is 0.387 bits per heavy atom. The first-order valence-electron chi connectivity index (χ1n) is 35.5. The topological polar surface area (TPSA) is 0 Å². The summed E-state index contributed by atoms with van der Waals surface area (Å²) in [6.45, 7) is 0. The zero-order chi connectivity index (χ0) is 76.6. The van der Waals surface area contributed by atoms with Crippen LogP contribution in [-0.4, -0.2) is 0 Å². The smallest absolute Gasteiger partial charge is 0.123 e. The zero-order valence-corrected chi connectivity index (χ0v) is 60.9. The van der Waals surface area contributed by atoms with Gasteiger partial charge in [-0.2, -0.15) is 0 Å². The molecule has 3 aromatic heterocycles. The van der Waals surface area contributed by atoms with Crippen LogP contribution in [0.25, 0.3) is 33.4 Å². The van der Waals surface area contributed by atoms with E-state index in [9.17, 15) is 0 Å². The van der Waals surface area contributed by atoms with Crippen molar-refractivity contribution in [2.45, 2.75) is 35.5 Å². The van der Waals surface area contributed by atoms with Gasteiger partial charge in [0.15, 0.2) is 0 Å². The van der Waals surface area contributed by atoms with Gasteiger partial charge in [0.2, 0.25) is 0 Å². The van der Waals surface area contributed by atoms with Gasteiger partial charge >= 0.3 is 0 Å². The number of thiophene rings is 3. The van der Waals surface area contributed by atoms with E-state index in [1.807, 2.05) is 36.4 Å². The predicted octanol–water partition coefficient (Wildman–Crippen LogP) is 27.6. The minimum Gasteiger partial charge on any atom is -0.207 e. The summed E-state index contributed by atoms with van der Waals surface area (Å²) in [6.07, 6.45) is 0. The average molecular weight is 1540 g/mol. The maximum atomic E-state index is 15.5. The Kier molecular flexibility index (Phi) is 20.9. The maximum absolute atomic E-state index is 15.5. The molecule has 546 valence electrons. The summed E-state index contributed by atoms with van der Waals surface area (Å²) in [6, 6.07) is 84.4. The summed E-state index contributed by atoms with van der Waals surface area (Å²) in [5.41, 5.74) is 10.9. The Bertz CT molecular complexity index is 5050. The van der Waals surface area contributed by atoms with Crippen LogP contribution in [-0.2, 0) is 0 Å². The Morgan fingerprint density at radius 1 is 0.144 bits per heavy atom. The fourth-order valence-electron chi connectivity index (χ4n) is 15.0. The molecule has 0 atom stereocenters. The van der Waals surface area contributed by atoms with Gasteiger partial charge in [-0.1, -0.05) is 146 Å². The van der Waals surface area contributed by atoms with Crippen LogP contribution < -0.4 is 0 Å². The zero-order valence-electron chi connectivity index (χ0n) is 58.4. The van der Waals surface area contributed by atoms with Crippen LogP contribution in [0.2, 0.25) is 0 Å². The van der Waals surface area contributed by atoms with Crippen molar-refractivity contribution < 1.29 is 52.7 Å². The van der Waals surface area contributed by atoms with Crippen molar-refractivity contribution in [2.75, 3.05) is 0 Å². The van der Waals surface area contributed by atoms with Gasteiger partial charge < -0.3 is 0 Å². The molecule has 111 heavy (non-hydrogen) atoms. The second kappa shape index (κ2) is 31.6. The molecule has 0 aliphatic heterocycles. The van der Waals surface area contributed by atoms with Crippen LogP contribution in [0.5, 0.6) is 0 Å². The monoisotopic (exact) mass is 1540 g/mol. The summed E-state index contributed by atoms with van der Waals surface area (Å²) < 4.78 is 185. The molecule has 15 heteroatoms. The third-order valence-electron chi connectivity index (χ3n) is 20.3. The van der Waals surface area contributed by atoms with E-state index >= 15 is 52.7 Å². The van der Waals surface area contributed by atoms with Crippen LogP contribution in [0, 0.1) is 69.8 Å². The van der Waals surface area contributed by atoms with E-state index in [1.54, 1.807) is 146 Å². The van der Waals surface area contributed by atoms with Crippen molar-refractivity contribution in [3.8, 4) is 33.4 Å². The first-order valence-corrected chi connectivity index (χ1v) is 38.0. The number of rotatable bonds is 21. The molecule has 0 amide bonds. The fraction of sp³-hybridized carbons (Fsp3) is 0.0625. The molecule has 0 fully saturated rings. The van der Waals surface area contributed by atoms with Crippen molar-refractivity contribution in [1.82, 2.24) is 0 Å². The lowest BCUT2D eigenvalue weighted by Gasteiger charge is -2.22. The summed E-state index contributed by atoms with van der Waals surface area (Å²) in [7, 11) is 0. The van der Waals surface area contributed by atoms with Gasteiger partial charge in [0.05, 0.1) is 0 Å². The first kappa shape index (κ1) is 73.3. The fourth-order valence-corrected chi connectivity index (χ4v) is 19.5. The number of benzene rings is 13. The highest BCUT2D eigenvalue weighted by Crippen LogP contribution is 2.55. The van der Waals surface area contributed by atoms with Crippen molar-refractivity contribution >= 4 is 34.0 Å². The summed E-state index contributed by atoms with van der Waals surface area (Å²) in [4.78, 5) is 4.01. The lowest BCUT2D eigenvalue weighted by atomic mass is 9.82. The van der Waals surface area contributed by atoms with E-state index in [1.165, 1.54) is 180 Å². The standard InChI is InChI=1S/C96H60F12S3/c97-70-25-1-55(2-26-70)88(56-3-27-71(98)28-4-56)85-52-82(94(109-85)91(61-13-37-76(103)38-14-61)62-15-39-77(104)40-16-62)67-49-68(83-53-86(89(57-5-29-72(99)30-6-57)58-7-31-73(100)32-8-58)110-95(83)92(63-17-41-78(105)42-18-63)64-19-43-79(106)44-20-64)51-69(50-67)84-54-87(90(59-9-33-74(101)34-10-59)60-11-35-75(102)36-12-60)111-96(84)93(65-21-45-80(107)46-22-65)66-23-47-81(108)48-24-66/h1-54,88-93H. The third kappa shape index (κ3) is 15.7. The SMILES string of the molecule is Fc1ccc(C(c2ccc(F)cc2)c2cc(-c3cc(-c4cc(C(c5ccc(F)cc5)c5ccc(F)cc5)sc4C(c4ccc(F)cc4)c4ccc(F)cc4)cc(-c4cc(C(c5ccc(F)cc5)c5ccc(F)cc5)sc4C(c4ccc(F)cc4)c4ccc(F)cc4)c3)c(C(c3ccc(F)cc3)c3ccc(F)cc3)s2)cc1. The Hall–Kier alpha value is -11.9. The molecule has 16 rings (SSSR count). The lowest BCUT2D eigenvalue weighted by molar-refractivity contribution is 0.625. The Labute approximate surface area is 644 Å². The molecular weight excluding hydrogens is 1480 g/mol. The van der Waals surface area contributed by atoms with Gasteiger partial charge in [-0.15, -0.1) is 34.0 Å². The minimum atomic E-state index is -0.803. The Balaban J connectivity index is 1.07. The molecule has 0 N–H and O–H groups in total. The minimum absolute atomic E-state index is 0.501. The summed E-state index contributed by atoms with van der Waals surface area (Å²) in [5.74, 6) is -10.7. The maximum Gasteiger partial charge on any atom is 0.123 e.